The fourth-order valence-corrected chi connectivity index (χ4v) is 1.49. The topological polar surface area (TPSA) is 33.4 Å². The second-order valence-corrected chi connectivity index (χ2v) is 4.85. The van der Waals surface area contributed by atoms with E-state index in [1.807, 2.05) is 15.9 Å². The highest BCUT2D eigenvalue weighted by Gasteiger charge is 2.38. The largest absolute Gasteiger partial charge is 0.450 e. The lowest BCUT2D eigenvalue weighted by Crippen LogP contribution is -2.17. The Morgan fingerprint density at radius 3 is 2.31 bits per heavy atom. The predicted octanol–water partition coefficient (Wildman–Crippen LogP) is 3.83. The maximum atomic E-state index is 12.5. The highest BCUT2D eigenvalue weighted by molar-refractivity contribution is 9.13. The molecule has 1 rings (SSSR count). The van der Waals surface area contributed by atoms with E-state index in [4.69, 9.17) is 9.52 Å². The Balaban J connectivity index is 2.96. The molecule has 1 aromatic rings. The van der Waals surface area contributed by atoms with Gasteiger partial charge in [-0.05, 0) is 53.9 Å². The Kier molecular flexibility index (Phi) is 3.54. The number of halogens is 5. The summed E-state index contributed by atoms with van der Waals surface area (Å²) >= 11 is 8.05. The molecule has 1 heterocycles. The van der Waals surface area contributed by atoms with Gasteiger partial charge in [0.1, 0.15) is 5.76 Å². The summed E-state index contributed by atoms with van der Waals surface area (Å²) in [7, 11) is 0. The Bertz CT molecular complexity index is 288. The zero-order valence-corrected chi connectivity index (χ0v) is 10.7. The van der Waals surface area contributed by atoms with Crippen molar-refractivity contribution in [3.05, 3.63) is 21.0 Å². The molecule has 0 spiro atoms. The van der Waals surface area contributed by atoms with Gasteiger partial charge in [0.2, 0.25) is 0 Å². The monoisotopic (exact) mass is 382 g/mol. The van der Waals surface area contributed by atoms with Crippen LogP contribution in [0.15, 0.2) is 19.6 Å². The van der Waals surface area contributed by atoms with Crippen molar-refractivity contribution in [3.8, 4) is 0 Å². The van der Waals surface area contributed by atoms with E-state index in [0.717, 1.165) is 0 Å². The van der Waals surface area contributed by atoms with Crippen molar-refractivity contribution < 1.29 is 18.3 Å². The van der Waals surface area contributed by atoms with Crippen molar-refractivity contribution in [1.82, 2.24) is 0 Å². The van der Waals surface area contributed by atoms with Crippen LogP contribution in [0.5, 0.6) is 0 Å². The van der Waals surface area contributed by atoms with Crippen LogP contribution in [0.1, 0.15) is 11.9 Å². The SMILES string of the molecule is OC(c1cc(Br)c(Br)o1)C(F)(F)Br. The van der Waals surface area contributed by atoms with Gasteiger partial charge in [-0.25, -0.2) is 0 Å². The smallest absolute Gasteiger partial charge is 0.333 e. The van der Waals surface area contributed by atoms with Gasteiger partial charge < -0.3 is 9.52 Å². The van der Waals surface area contributed by atoms with Gasteiger partial charge in [0.05, 0.1) is 4.47 Å². The third kappa shape index (κ3) is 2.74. The van der Waals surface area contributed by atoms with Crippen molar-refractivity contribution in [2.24, 2.45) is 0 Å². The van der Waals surface area contributed by atoms with Crippen LogP contribution in [0.2, 0.25) is 0 Å². The first-order valence-electron chi connectivity index (χ1n) is 3.02. The minimum Gasteiger partial charge on any atom is -0.450 e. The van der Waals surface area contributed by atoms with E-state index in [1.54, 1.807) is 0 Å². The standard InChI is InChI=1S/C6H3Br3F2O2/c7-2-1-3(13-5(2)8)4(12)6(9,10)11/h1,4,12H. The normalized spacial score (nSPS) is 14.6. The summed E-state index contributed by atoms with van der Waals surface area (Å²) < 4.78 is 30.6. The van der Waals surface area contributed by atoms with E-state index in [2.05, 4.69) is 31.9 Å². The summed E-state index contributed by atoms with van der Waals surface area (Å²) in [4.78, 5) is -3.40. The number of furan rings is 1. The van der Waals surface area contributed by atoms with Gasteiger partial charge >= 0.3 is 4.83 Å². The molecule has 0 aliphatic rings. The van der Waals surface area contributed by atoms with Crippen LogP contribution in [0.4, 0.5) is 8.78 Å². The van der Waals surface area contributed by atoms with Gasteiger partial charge in [0.25, 0.3) is 0 Å². The molecular formula is C6H3Br3F2O2. The molecule has 7 heteroatoms. The van der Waals surface area contributed by atoms with Gasteiger partial charge in [-0.3, -0.25) is 0 Å². The summed E-state index contributed by atoms with van der Waals surface area (Å²) in [6, 6.07) is 1.27. The summed E-state index contributed by atoms with van der Waals surface area (Å²) in [6.45, 7) is 0. The van der Waals surface area contributed by atoms with E-state index >= 15 is 0 Å². The number of aliphatic hydroxyl groups excluding tert-OH is 1. The average molecular weight is 385 g/mol. The number of alkyl halides is 3. The van der Waals surface area contributed by atoms with E-state index in [-0.39, 0.29) is 10.4 Å². The molecule has 0 bridgehead atoms. The molecule has 0 aliphatic heterocycles. The highest BCUT2D eigenvalue weighted by Crippen LogP contribution is 2.39. The molecule has 0 radical (unpaired) electrons. The van der Waals surface area contributed by atoms with Gasteiger partial charge in [0, 0.05) is 0 Å². The quantitative estimate of drug-likeness (QED) is 0.786. The van der Waals surface area contributed by atoms with Crippen LogP contribution in [0.25, 0.3) is 0 Å². The first-order chi connectivity index (χ1) is 5.82. The number of hydrogen-bond acceptors (Lipinski definition) is 2. The lowest BCUT2D eigenvalue weighted by Gasteiger charge is -2.13. The summed E-state index contributed by atoms with van der Waals surface area (Å²) in [5.41, 5.74) is 0. The van der Waals surface area contributed by atoms with Crippen LogP contribution in [-0.2, 0) is 0 Å². The first-order valence-corrected chi connectivity index (χ1v) is 5.40. The Morgan fingerprint density at radius 2 is 2.00 bits per heavy atom. The van der Waals surface area contributed by atoms with Crippen LogP contribution in [0, 0.1) is 0 Å². The second-order valence-electron chi connectivity index (χ2n) is 2.21. The van der Waals surface area contributed by atoms with E-state index in [1.165, 1.54) is 6.07 Å². The van der Waals surface area contributed by atoms with Gasteiger partial charge in [-0.15, -0.1) is 0 Å². The van der Waals surface area contributed by atoms with Gasteiger partial charge in [0.15, 0.2) is 10.8 Å². The zero-order valence-electron chi connectivity index (χ0n) is 5.90. The Morgan fingerprint density at radius 1 is 1.46 bits per heavy atom. The molecule has 1 atom stereocenters. The van der Waals surface area contributed by atoms with Crippen LogP contribution < -0.4 is 0 Å². The third-order valence-corrected chi connectivity index (χ3v) is 3.39. The van der Waals surface area contributed by atoms with Crippen molar-refractivity contribution in [3.63, 3.8) is 0 Å². The molecule has 0 aliphatic carbocycles. The van der Waals surface area contributed by atoms with Crippen molar-refractivity contribution in [2.45, 2.75) is 10.9 Å². The first kappa shape index (κ1) is 11.6. The number of hydrogen-bond donors (Lipinski definition) is 1. The van der Waals surface area contributed by atoms with Crippen molar-refractivity contribution >= 4 is 47.8 Å². The number of aliphatic hydroxyl groups is 1. The summed E-state index contributed by atoms with van der Waals surface area (Å²) in [5.74, 6) is -0.222. The molecule has 2 nitrogen and oxygen atoms in total. The molecule has 1 aromatic heterocycles. The average Bonchev–Trinajstić information content (AvgIpc) is 2.29. The lowest BCUT2D eigenvalue weighted by molar-refractivity contribution is -0.0405. The Hall–Kier alpha value is 0.540. The van der Waals surface area contributed by atoms with Gasteiger partial charge in [-0.2, -0.15) is 8.78 Å². The Labute approximate surface area is 97.7 Å². The second kappa shape index (κ2) is 3.96. The fourth-order valence-electron chi connectivity index (χ4n) is 0.659. The third-order valence-electron chi connectivity index (χ3n) is 1.24. The van der Waals surface area contributed by atoms with Crippen LogP contribution >= 0.6 is 47.8 Å². The predicted molar refractivity (Wildman–Crippen MR) is 52.9 cm³/mol. The van der Waals surface area contributed by atoms with E-state index in [9.17, 15) is 8.78 Å². The molecule has 0 fully saturated rings. The highest BCUT2D eigenvalue weighted by atomic mass is 79.9. The maximum Gasteiger partial charge on any atom is 0.333 e. The van der Waals surface area contributed by atoms with Crippen LogP contribution in [-0.4, -0.2) is 9.94 Å². The molecule has 1 unspecified atom stereocenters. The fraction of sp³-hybridized carbons (Fsp3) is 0.333. The number of rotatable bonds is 2. The zero-order chi connectivity index (χ0) is 10.2. The molecule has 0 saturated carbocycles. The molecule has 13 heavy (non-hydrogen) atoms. The van der Waals surface area contributed by atoms with Gasteiger partial charge in [-0.1, -0.05) is 0 Å². The lowest BCUT2D eigenvalue weighted by atomic mass is 10.3. The molecular weight excluding hydrogens is 382 g/mol. The molecule has 0 aromatic carbocycles. The summed E-state index contributed by atoms with van der Waals surface area (Å²) in [6.07, 6.45) is -2.00. The summed E-state index contributed by atoms with van der Waals surface area (Å²) in [5, 5.41) is 9.06. The van der Waals surface area contributed by atoms with E-state index in [0.29, 0.717) is 4.47 Å². The molecule has 0 amide bonds. The van der Waals surface area contributed by atoms with E-state index < -0.39 is 10.9 Å². The maximum absolute atomic E-state index is 12.5. The molecule has 74 valence electrons. The van der Waals surface area contributed by atoms with Crippen molar-refractivity contribution in [1.29, 1.82) is 0 Å². The minimum absolute atomic E-state index is 0.222. The van der Waals surface area contributed by atoms with Crippen molar-refractivity contribution in [2.75, 3.05) is 0 Å². The minimum atomic E-state index is -3.40. The molecule has 0 saturated heterocycles. The van der Waals surface area contributed by atoms with Crippen LogP contribution in [0.3, 0.4) is 0 Å². The molecule has 1 N–H and O–H groups in total.